The van der Waals surface area contributed by atoms with Crippen molar-refractivity contribution in [3.8, 4) is 11.3 Å². The molecule has 1 aromatic carbocycles. The third-order valence-electron chi connectivity index (χ3n) is 3.99. The van der Waals surface area contributed by atoms with Gasteiger partial charge < -0.3 is 9.73 Å². The zero-order valence-electron chi connectivity index (χ0n) is 14.0. The molecule has 0 saturated carbocycles. The van der Waals surface area contributed by atoms with E-state index in [9.17, 15) is 9.18 Å². The average molecular weight is 338 g/mol. The van der Waals surface area contributed by atoms with E-state index in [2.05, 4.69) is 10.3 Å². The minimum atomic E-state index is -0.223. The Hall–Kier alpha value is -2.95. The topological polar surface area (TPSA) is 55.1 Å². The number of benzene rings is 1. The molecule has 0 spiro atoms. The van der Waals surface area contributed by atoms with Crippen LogP contribution in [-0.2, 0) is 17.8 Å². The van der Waals surface area contributed by atoms with Gasteiger partial charge in [-0.25, -0.2) is 4.39 Å². The second kappa shape index (κ2) is 7.75. The molecule has 5 heteroatoms. The molecule has 0 radical (unpaired) electrons. The molecule has 0 aliphatic heterocycles. The van der Waals surface area contributed by atoms with Crippen LogP contribution in [0.3, 0.4) is 0 Å². The number of hydrogen-bond acceptors (Lipinski definition) is 3. The molecule has 1 amide bonds. The summed E-state index contributed by atoms with van der Waals surface area (Å²) in [6, 6.07) is 10.6. The van der Waals surface area contributed by atoms with Gasteiger partial charge in [0.05, 0.1) is 18.2 Å². The lowest BCUT2D eigenvalue weighted by Crippen LogP contribution is -2.23. The van der Waals surface area contributed by atoms with Crippen molar-refractivity contribution >= 4 is 5.91 Å². The number of aromatic nitrogens is 1. The highest BCUT2D eigenvalue weighted by Gasteiger charge is 2.05. The molecule has 0 aliphatic carbocycles. The lowest BCUT2D eigenvalue weighted by atomic mass is 10.1. The highest BCUT2D eigenvalue weighted by molar-refractivity contribution is 5.76. The molecule has 25 heavy (non-hydrogen) atoms. The van der Waals surface area contributed by atoms with E-state index in [-0.39, 0.29) is 11.7 Å². The first-order chi connectivity index (χ1) is 12.1. The van der Waals surface area contributed by atoms with Crippen molar-refractivity contribution in [2.75, 3.05) is 0 Å². The molecule has 2 heterocycles. The third kappa shape index (κ3) is 4.53. The summed E-state index contributed by atoms with van der Waals surface area (Å²) in [7, 11) is 0. The first-order valence-electron chi connectivity index (χ1n) is 8.11. The van der Waals surface area contributed by atoms with E-state index >= 15 is 0 Å². The number of nitrogens with zero attached hydrogens (tertiary/aromatic N) is 1. The fraction of sp³-hybridized carbons (Fsp3) is 0.200. The summed E-state index contributed by atoms with van der Waals surface area (Å²) in [5.41, 5.74) is 4.24. The number of halogens is 1. The summed E-state index contributed by atoms with van der Waals surface area (Å²) in [6.07, 6.45) is 5.94. The summed E-state index contributed by atoms with van der Waals surface area (Å²) in [6.45, 7) is 2.15. The molecule has 0 fully saturated rings. The van der Waals surface area contributed by atoms with Gasteiger partial charge in [-0.05, 0) is 48.2 Å². The molecule has 0 aliphatic rings. The van der Waals surface area contributed by atoms with Crippen LogP contribution in [0.4, 0.5) is 4.39 Å². The fourth-order valence-electron chi connectivity index (χ4n) is 2.52. The van der Waals surface area contributed by atoms with Crippen LogP contribution in [-0.4, -0.2) is 10.9 Å². The van der Waals surface area contributed by atoms with Crippen molar-refractivity contribution in [2.24, 2.45) is 0 Å². The van der Waals surface area contributed by atoms with Crippen molar-refractivity contribution < 1.29 is 13.6 Å². The second-order valence-corrected chi connectivity index (χ2v) is 5.92. The van der Waals surface area contributed by atoms with Crippen LogP contribution in [0.5, 0.6) is 0 Å². The van der Waals surface area contributed by atoms with Gasteiger partial charge in [0.1, 0.15) is 5.82 Å². The van der Waals surface area contributed by atoms with E-state index in [1.165, 1.54) is 6.07 Å². The standard InChI is InChI=1S/C20H19FN2O2/c1-14-10-15(2-5-18(14)21)4-7-20(24)23-12-16-3-6-19(22-11-16)17-8-9-25-13-17/h2-3,5-6,8-11,13H,4,7,12H2,1H3,(H,23,24). The third-order valence-corrected chi connectivity index (χ3v) is 3.99. The zero-order chi connectivity index (χ0) is 17.6. The second-order valence-electron chi connectivity index (χ2n) is 5.92. The normalized spacial score (nSPS) is 10.6. The van der Waals surface area contributed by atoms with Gasteiger partial charge in [0, 0.05) is 24.7 Å². The zero-order valence-corrected chi connectivity index (χ0v) is 14.0. The molecule has 128 valence electrons. The van der Waals surface area contributed by atoms with Gasteiger partial charge in [0.25, 0.3) is 0 Å². The highest BCUT2D eigenvalue weighted by atomic mass is 19.1. The maximum absolute atomic E-state index is 13.2. The van der Waals surface area contributed by atoms with Crippen molar-refractivity contribution in [1.29, 1.82) is 0 Å². The van der Waals surface area contributed by atoms with Crippen LogP contribution >= 0.6 is 0 Å². The quantitative estimate of drug-likeness (QED) is 0.738. The van der Waals surface area contributed by atoms with E-state index in [1.54, 1.807) is 37.8 Å². The van der Waals surface area contributed by atoms with E-state index in [4.69, 9.17) is 4.42 Å². The lowest BCUT2D eigenvalue weighted by Gasteiger charge is -2.07. The first kappa shape index (κ1) is 16.9. The van der Waals surface area contributed by atoms with Gasteiger partial charge in [0.2, 0.25) is 5.91 Å². The molecule has 0 atom stereocenters. The van der Waals surface area contributed by atoms with E-state index in [1.807, 2.05) is 18.2 Å². The molecule has 2 aromatic heterocycles. The number of amides is 1. The summed E-state index contributed by atoms with van der Waals surface area (Å²) in [5, 5.41) is 2.88. The van der Waals surface area contributed by atoms with Crippen LogP contribution in [0.2, 0.25) is 0 Å². The number of carbonyl (C=O) groups is 1. The van der Waals surface area contributed by atoms with Gasteiger partial charge in [0.15, 0.2) is 0 Å². The average Bonchev–Trinajstić information content (AvgIpc) is 3.16. The number of hydrogen-bond donors (Lipinski definition) is 1. The van der Waals surface area contributed by atoms with Crippen molar-refractivity contribution in [1.82, 2.24) is 10.3 Å². The van der Waals surface area contributed by atoms with Gasteiger partial charge in [-0.15, -0.1) is 0 Å². The van der Waals surface area contributed by atoms with Crippen molar-refractivity contribution in [3.05, 3.63) is 77.6 Å². The Morgan fingerprint density at radius 3 is 2.72 bits per heavy atom. The summed E-state index contributed by atoms with van der Waals surface area (Å²) < 4.78 is 18.3. The largest absolute Gasteiger partial charge is 0.472 e. The van der Waals surface area contributed by atoms with E-state index < -0.39 is 0 Å². The number of aryl methyl sites for hydroxylation is 2. The lowest BCUT2D eigenvalue weighted by molar-refractivity contribution is -0.121. The molecule has 3 aromatic rings. The van der Waals surface area contributed by atoms with Crippen LogP contribution in [0.1, 0.15) is 23.1 Å². The molecule has 0 unspecified atom stereocenters. The van der Waals surface area contributed by atoms with Crippen molar-refractivity contribution in [3.63, 3.8) is 0 Å². The molecule has 0 saturated heterocycles. The summed E-state index contributed by atoms with van der Waals surface area (Å²) in [5.74, 6) is -0.263. The molecule has 4 nitrogen and oxygen atoms in total. The van der Waals surface area contributed by atoms with E-state index in [0.29, 0.717) is 24.9 Å². The highest BCUT2D eigenvalue weighted by Crippen LogP contribution is 2.17. The fourth-order valence-corrected chi connectivity index (χ4v) is 2.52. The molecule has 3 rings (SSSR count). The number of carbonyl (C=O) groups excluding carboxylic acids is 1. The van der Waals surface area contributed by atoms with Gasteiger partial charge in [-0.2, -0.15) is 0 Å². The Balaban J connectivity index is 1.48. The van der Waals surface area contributed by atoms with Gasteiger partial charge in [-0.3, -0.25) is 9.78 Å². The number of rotatable bonds is 6. The van der Waals surface area contributed by atoms with Crippen LogP contribution in [0, 0.1) is 12.7 Å². The van der Waals surface area contributed by atoms with Crippen molar-refractivity contribution in [2.45, 2.75) is 26.3 Å². The maximum atomic E-state index is 13.2. The van der Waals surface area contributed by atoms with Crippen LogP contribution in [0.15, 0.2) is 59.5 Å². The summed E-state index contributed by atoms with van der Waals surface area (Å²) >= 11 is 0. The minimum Gasteiger partial charge on any atom is -0.472 e. The Bertz CT molecular complexity index is 843. The predicted molar refractivity (Wildman–Crippen MR) is 93.2 cm³/mol. The minimum absolute atomic E-state index is 0.0408. The van der Waals surface area contributed by atoms with E-state index in [0.717, 1.165) is 22.4 Å². The van der Waals surface area contributed by atoms with Crippen LogP contribution in [0.25, 0.3) is 11.3 Å². The summed E-state index contributed by atoms with van der Waals surface area (Å²) in [4.78, 5) is 16.3. The number of furan rings is 1. The number of nitrogens with one attached hydrogen (secondary N) is 1. The maximum Gasteiger partial charge on any atom is 0.220 e. The first-order valence-corrected chi connectivity index (χ1v) is 8.11. The Labute approximate surface area is 145 Å². The van der Waals surface area contributed by atoms with Gasteiger partial charge >= 0.3 is 0 Å². The molecular weight excluding hydrogens is 319 g/mol. The Morgan fingerprint density at radius 2 is 2.04 bits per heavy atom. The monoisotopic (exact) mass is 338 g/mol. The number of pyridine rings is 1. The smallest absolute Gasteiger partial charge is 0.220 e. The Kier molecular flexibility index (Phi) is 5.23. The Morgan fingerprint density at radius 1 is 1.20 bits per heavy atom. The molecule has 1 N–H and O–H groups in total. The molecular formula is C20H19FN2O2. The van der Waals surface area contributed by atoms with Crippen LogP contribution < -0.4 is 5.32 Å². The molecule has 0 bridgehead atoms. The SMILES string of the molecule is Cc1cc(CCC(=O)NCc2ccc(-c3ccoc3)nc2)ccc1F. The predicted octanol–water partition coefficient (Wildman–Crippen LogP) is 4.04. The van der Waals surface area contributed by atoms with Gasteiger partial charge in [-0.1, -0.05) is 18.2 Å².